The van der Waals surface area contributed by atoms with Gasteiger partial charge in [-0.1, -0.05) is 0 Å². The lowest BCUT2D eigenvalue weighted by molar-refractivity contribution is 0.0603. The molecule has 0 aromatic carbocycles. The van der Waals surface area contributed by atoms with E-state index in [1.807, 2.05) is 6.92 Å². The summed E-state index contributed by atoms with van der Waals surface area (Å²) in [6.45, 7) is 5.52. The first-order chi connectivity index (χ1) is 5.67. The van der Waals surface area contributed by atoms with Gasteiger partial charge in [0.1, 0.15) is 0 Å². The molecular weight excluding hydrogens is 154 g/mol. The van der Waals surface area contributed by atoms with Gasteiger partial charge in [0, 0.05) is 25.7 Å². The van der Waals surface area contributed by atoms with Gasteiger partial charge in [-0.3, -0.25) is 4.90 Å². The molecule has 0 radical (unpaired) electrons. The molecule has 2 aliphatic heterocycles. The van der Waals surface area contributed by atoms with Gasteiger partial charge < -0.3 is 9.84 Å². The molecule has 2 rings (SSSR count). The highest BCUT2D eigenvalue weighted by atomic mass is 16.5. The van der Waals surface area contributed by atoms with Crippen LogP contribution in [-0.4, -0.2) is 48.0 Å². The SMILES string of the molecule is CC1(O)CCN(C2CCOC2)C1. The zero-order valence-electron chi connectivity index (χ0n) is 7.62. The zero-order chi connectivity index (χ0) is 8.60. The second-order valence-corrected chi connectivity index (χ2v) is 4.23. The molecule has 70 valence electrons. The maximum absolute atomic E-state index is 9.74. The summed E-state index contributed by atoms with van der Waals surface area (Å²) in [5.74, 6) is 0. The van der Waals surface area contributed by atoms with Gasteiger partial charge in [0.15, 0.2) is 0 Å². The monoisotopic (exact) mass is 171 g/mol. The molecule has 2 fully saturated rings. The van der Waals surface area contributed by atoms with E-state index in [0.717, 1.165) is 39.1 Å². The molecule has 2 aliphatic rings. The van der Waals surface area contributed by atoms with Crippen LogP contribution in [0.4, 0.5) is 0 Å². The summed E-state index contributed by atoms with van der Waals surface area (Å²) in [4.78, 5) is 2.35. The summed E-state index contributed by atoms with van der Waals surface area (Å²) in [5.41, 5.74) is -0.456. The van der Waals surface area contributed by atoms with Crippen molar-refractivity contribution in [1.29, 1.82) is 0 Å². The van der Waals surface area contributed by atoms with Gasteiger partial charge in [0.25, 0.3) is 0 Å². The van der Waals surface area contributed by atoms with Crippen LogP contribution in [-0.2, 0) is 4.74 Å². The zero-order valence-corrected chi connectivity index (χ0v) is 7.62. The predicted molar refractivity (Wildman–Crippen MR) is 46.0 cm³/mol. The van der Waals surface area contributed by atoms with E-state index >= 15 is 0 Å². The van der Waals surface area contributed by atoms with Gasteiger partial charge in [0.2, 0.25) is 0 Å². The van der Waals surface area contributed by atoms with Crippen LogP contribution in [0.3, 0.4) is 0 Å². The Bertz CT molecular complexity index is 164. The summed E-state index contributed by atoms with van der Waals surface area (Å²) in [5, 5.41) is 9.74. The third-order valence-corrected chi connectivity index (χ3v) is 2.90. The number of β-amino-alcohol motifs (C(OH)–C–C–N with tert-alkyl or cyclic N) is 1. The topological polar surface area (TPSA) is 32.7 Å². The fourth-order valence-corrected chi connectivity index (χ4v) is 2.10. The van der Waals surface area contributed by atoms with Crippen LogP contribution in [0.1, 0.15) is 19.8 Å². The number of rotatable bonds is 1. The fourth-order valence-electron chi connectivity index (χ4n) is 2.10. The quantitative estimate of drug-likeness (QED) is 0.613. The lowest BCUT2D eigenvalue weighted by Crippen LogP contribution is -2.37. The Morgan fingerprint density at radius 2 is 2.42 bits per heavy atom. The minimum Gasteiger partial charge on any atom is -0.389 e. The molecule has 0 aromatic rings. The molecule has 0 spiro atoms. The summed E-state index contributed by atoms with van der Waals surface area (Å²) in [6.07, 6.45) is 2.04. The average molecular weight is 171 g/mol. The highest BCUT2D eigenvalue weighted by Crippen LogP contribution is 2.25. The van der Waals surface area contributed by atoms with Crippen LogP contribution in [0.5, 0.6) is 0 Å². The normalized spacial score (nSPS) is 44.0. The van der Waals surface area contributed by atoms with Crippen molar-refractivity contribution in [2.45, 2.75) is 31.4 Å². The van der Waals surface area contributed by atoms with E-state index in [1.54, 1.807) is 0 Å². The summed E-state index contributed by atoms with van der Waals surface area (Å²) in [7, 11) is 0. The van der Waals surface area contributed by atoms with Crippen LogP contribution in [0.2, 0.25) is 0 Å². The van der Waals surface area contributed by atoms with E-state index in [-0.39, 0.29) is 0 Å². The van der Waals surface area contributed by atoms with E-state index in [2.05, 4.69) is 4.90 Å². The molecule has 2 saturated heterocycles. The molecule has 0 bridgehead atoms. The van der Waals surface area contributed by atoms with E-state index < -0.39 is 5.60 Å². The van der Waals surface area contributed by atoms with Crippen molar-refractivity contribution in [3.63, 3.8) is 0 Å². The molecule has 2 unspecified atom stereocenters. The highest BCUT2D eigenvalue weighted by molar-refractivity contribution is 4.90. The van der Waals surface area contributed by atoms with Gasteiger partial charge in [-0.15, -0.1) is 0 Å². The average Bonchev–Trinajstić information content (AvgIpc) is 2.55. The Balaban J connectivity index is 1.90. The van der Waals surface area contributed by atoms with Gasteiger partial charge in [-0.05, 0) is 19.8 Å². The van der Waals surface area contributed by atoms with Crippen LogP contribution < -0.4 is 0 Å². The molecular formula is C9H17NO2. The van der Waals surface area contributed by atoms with Crippen LogP contribution in [0.15, 0.2) is 0 Å². The molecule has 0 aromatic heterocycles. The number of hydrogen-bond acceptors (Lipinski definition) is 3. The Labute approximate surface area is 73.3 Å². The number of hydrogen-bond donors (Lipinski definition) is 1. The molecule has 0 aliphatic carbocycles. The van der Waals surface area contributed by atoms with Crippen LogP contribution in [0, 0.1) is 0 Å². The Morgan fingerprint density at radius 1 is 1.58 bits per heavy atom. The third-order valence-electron chi connectivity index (χ3n) is 2.90. The van der Waals surface area contributed by atoms with Crippen molar-refractivity contribution in [2.24, 2.45) is 0 Å². The van der Waals surface area contributed by atoms with E-state index in [4.69, 9.17) is 4.74 Å². The molecule has 3 heteroatoms. The minimum atomic E-state index is -0.456. The first-order valence-electron chi connectivity index (χ1n) is 4.72. The van der Waals surface area contributed by atoms with Crippen molar-refractivity contribution in [2.75, 3.05) is 26.3 Å². The summed E-state index contributed by atoms with van der Waals surface area (Å²) in [6, 6.07) is 0.568. The molecule has 0 amide bonds. The summed E-state index contributed by atoms with van der Waals surface area (Å²) >= 11 is 0. The van der Waals surface area contributed by atoms with E-state index in [1.165, 1.54) is 0 Å². The summed E-state index contributed by atoms with van der Waals surface area (Å²) < 4.78 is 5.31. The van der Waals surface area contributed by atoms with Crippen molar-refractivity contribution < 1.29 is 9.84 Å². The Morgan fingerprint density at radius 3 is 2.92 bits per heavy atom. The fraction of sp³-hybridized carbons (Fsp3) is 1.00. The van der Waals surface area contributed by atoms with Crippen LogP contribution >= 0.6 is 0 Å². The number of ether oxygens (including phenoxy) is 1. The van der Waals surface area contributed by atoms with Crippen molar-refractivity contribution in [1.82, 2.24) is 4.90 Å². The predicted octanol–water partition coefficient (Wildman–Crippen LogP) is 0.232. The molecule has 12 heavy (non-hydrogen) atoms. The van der Waals surface area contributed by atoms with Crippen molar-refractivity contribution >= 4 is 0 Å². The Hall–Kier alpha value is -0.120. The van der Waals surface area contributed by atoms with E-state index in [9.17, 15) is 5.11 Å². The molecule has 1 N–H and O–H groups in total. The Kier molecular flexibility index (Phi) is 2.10. The number of likely N-dealkylation sites (tertiary alicyclic amines) is 1. The van der Waals surface area contributed by atoms with E-state index in [0.29, 0.717) is 6.04 Å². The largest absolute Gasteiger partial charge is 0.389 e. The second-order valence-electron chi connectivity index (χ2n) is 4.23. The number of nitrogens with zero attached hydrogens (tertiary/aromatic N) is 1. The third kappa shape index (κ3) is 1.63. The van der Waals surface area contributed by atoms with Gasteiger partial charge in [-0.25, -0.2) is 0 Å². The van der Waals surface area contributed by atoms with Crippen molar-refractivity contribution in [3.05, 3.63) is 0 Å². The standard InChI is InChI=1S/C9H17NO2/c1-9(11)3-4-10(7-9)8-2-5-12-6-8/h8,11H,2-7H2,1H3. The molecule has 2 heterocycles. The van der Waals surface area contributed by atoms with Crippen molar-refractivity contribution in [3.8, 4) is 0 Å². The number of aliphatic hydroxyl groups is 1. The van der Waals surface area contributed by atoms with Gasteiger partial charge in [0.05, 0.1) is 12.2 Å². The maximum Gasteiger partial charge on any atom is 0.0758 e. The first kappa shape index (κ1) is 8.48. The second kappa shape index (κ2) is 2.98. The molecule has 0 saturated carbocycles. The minimum absolute atomic E-state index is 0.456. The van der Waals surface area contributed by atoms with Gasteiger partial charge >= 0.3 is 0 Å². The highest BCUT2D eigenvalue weighted by Gasteiger charge is 2.36. The lowest BCUT2D eigenvalue weighted by Gasteiger charge is -2.23. The maximum atomic E-state index is 9.74. The lowest BCUT2D eigenvalue weighted by atomic mass is 10.1. The molecule has 3 nitrogen and oxygen atoms in total. The molecule has 2 atom stereocenters. The smallest absolute Gasteiger partial charge is 0.0758 e. The van der Waals surface area contributed by atoms with Crippen LogP contribution in [0.25, 0.3) is 0 Å². The van der Waals surface area contributed by atoms with Gasteiger partial charge in [-0.2, -0.15) is 0 Å². The first-order valence-corrected chi connectivity index (χ1v) is 4.72.